The van der Waals surface area contributed by atoms with E-state index in [0.717, 1.165) is 20.9 Å². The molecule has 0 bridgehead atoms. The van der Waals surface area contributed by atoms with Crippen LogP contribution >= 0.6 is 27.5 Å². The van der Waals surface area contributed by atoms with E-state index in [1.54, 1.807) is 31.2 Å². The minimum Gasteiger partial charge on any atom is -0.496 e. The summed E-state index contributed by atoms with van der Waals surface area (Å²) in [6.07, 6.45) is 0. The summed E-state index contributed by atoms with van der Waals surface area (Å²) in [6.45, 7) is 0.393. The van der Waals surface area contributed by atoms with Gasteiger partial charge in [0.15, 0.2) is 0 Å². The number of methoxy groups -OCH3 is 1. The lowest BCUT2D eigenvalue weighted by molar-refractivity contribution is 0.0778. The molecule has 0 saturated heterocycles. The Morgan fingerprint density at radius 1 is 1.29 bits per heavy atom. The standard InChI is InChI=1S/C18H16BrClN2O2/c1-22(10-11-9-12(20)7-8-15(11)24-2)18(23)17-16(19)13-5-3-4-6-14(13)21-17/h3-9,21H,10H2,1-2H3. The van der Waals surface area contributed by atoms with E-state index in [4.69, 9.17) is 16.3 Å². The molecule has 3 rings (SSSR count). The van der Waals surface area contributed by atoms with Crippen LogP contribution in [0.2, 0.25) is 5.02 Å². The van der Waals surface area contributed by atoms with Crippen LogP contribution in [0.15, 0.2) is 46.9 Å². The molecule has 0 aliphatic rings. The number of rotatable bonds is 4. The fourth-order valence-corrected chi connectivity index (χ4v) is 3.45. The summed E-state index contributed by atoms with van der Waals surface area (Å²) in [5.41, 5.74) is 2.30. The number of nitrogens with one attached hydrogen (secondary N) is 1. The molecule has 124 valence electrons. The minimum atomic E-state index is -0.111. The molecule has 1 heterocycles. The number of H-pyrrole nitrogens is 1. The van der Waals surface area contributed by atoms with Crippen molar-refractivity contribution in [2.24, 2.45) is 0 Å². The average molecular weight is 408 g/mol. The molecule has 0 aliphatic carbocycles. The van der Waals surface area contributed by atoms with Crippen LogP contribution in [-0.4, -0.2) is 29.9 Å². The van der Waals surface area contributed by atoms with Gasteiger partial charge >= 0.3 is 0 Å². The van der Waals surface area contributed by atoms with E-state index in [9.17, 15) is 4.79 Å². The number of fused-ring (bicyclic) bond motifs is 1. The fraction of sp³-hybridized carbons (Fsp3) is 0.167. The van der Waals surface area contributed by atoms with Crippen molar-refractivity contribution in [1.29, 1.82) is 0 Å². The molecule has 1 amide bonds. The number of benzene rings is 2. The molecule has 1 N–H and O–H groups in total. The zero-order chi connectivity index (χ0) is 17.3. The molecule has 0 radical (unpaired) electrons. The first-order chi connectivity index (χ1) is 11.5. The number of hydrogen-bond acceptors (Lipinski definition) is 2. The summed E-state index contributed by atoms with van der Waals surface area (Å²) in [6, 6.07) is 13.2. The third-order valence-corrected chi connectivity index (χ3v) is 4.91. The number of aromatic amines is 1. The molecule has 0 spiro atoms. The second-order valence-corrected chi connectivity index (χ2v) is 6.71. The molecular weight excluding hydrogens is 392 g/mol. The van der Waals surface area contributed by atoms with Crippen LogP contribution in [0.5, 0.6) is 5.75 Å². The summed E-state index contributed by atoms with van der Waals surface area (Å²) in [4.78, 5) is 17.6. The molecule has 3 aromatic rings. The van der Waals surface area contributed by atoms with Crippen molar-refractivity contribution in [3.63, 3.8) is 0 Å². The number of ether oxygens (including phenoxy) is 1. The highest BCUT2D eigenvalue weighted by Gasteiger charge is 2.20. The molecule has 24 heavy (non-hydrogen) atoms. The molecule has 6 heteroatoms. The molecule has 0 fully saturated rings. The molecule has 2 aromatic carbocycles. The number of carbonyl (C=O) groups excluding carboxylic acids is 1. The molecule has 0 unspecified atom stereocenters. The van der Waals surface area contributed by atoms with Crippen LogP contribution in [0, 0.1) is 0 Å². The number of para-hydroxylation sites is 1. The van der Waals surface area contributed by atoms with E-state index in [0.29, 0.717) is 23.0 Å². The zero-order valence-corrected chi connectivity index (χ0v) is 15.6. The smallest absolute Gasteiger partial charge is 0.271 e. The van der Waals surface area contributed by atoms with Gasteiger partial charge in [0.05, 0.1) is 11.6 Å². The van der Waals surface area contributed by atoms with E-state index >= 15 is 0 Å². The number of amides is 1. The van der Waals surface area contributed by atoms with E-state index in [1.807, 2.05) is 30.3 Å². The van der Waals surface area contributed by atoms with E-state index < -0.39 is 0 Å². The Hall–Kier alpha value is -1.98. The van der Waals surface area contributed by atoms with Crippen molar-refractivity contribution in [3.8, 4) is 5.75 Å². The topological polar surface area (TPSA) is 45.3 Å². The maximum absolute atomic E-state index is 12.8. The number of halogens is 2. The molecule has 0 atom stereocenters. The van der Waals surface area contributed by atoms with Crippen molar-refractivity contribution in [2.45, 2.75) is 6.54 Å². The maximum atomic E-state index is 12.8. The Morgan fingerprint density at radius 2 is 2.04 bits per heavy atom. The highest BCUT2D eigenvalue weighted by atomic mass is 79.9. The first-order valence-electron chi connectivity index (χ1n) is 7.35. The van der Waals surface area contributed by atoms with E-state index in [2.05, 4.69) is 20.9 Å². The predicted molar refractivity (Wildman–Crippen MR) is 99.8 cm³/mol. The summed E-state index contributed by atoms with van der Waals surface area (Å²) >= 11 is 9.58. The molecular formula is C18H16BrClN2O2. The van der Waals surface area contributed by atoms with Crippen molar-refractivity contribution in [2.75, 3.05) is 14.2 Å². The van der Waals surface area contributed by atoms with Crippen LogP contribution in [0.4, 0.5) is 0 Å². The van der Waals surface area contributed by atoms with Crippen LogP contribution in [0.3, 0.4) is 0 Å². The lowest BCUT2D eigenvalue weighted by Crippen LogP contribution is -2.27. The summed E-state index contributed by atoms with van der Waals surface area (Å²) in [5.74, 6) is 0.592. The van der Waals surface area contributed by atoms with Crippen LogP contribution < -0.4 is 4.74 Å². The number of aromatic nitrogens is 1. The maximum Gasteiger partial charge on any atom is 0.271 e. The summed E-state index contributed by atoms with van der Waals surface area (Å²) in [5, 5.41) is 1.59. The Morgan fingerprint density at radius 3 is 2.75 bits per heavy atom. The molecule has 1 aromatic heterocycles. The van der Waals surface area contributed by atoms with Gasteiger partial charge in [0, 0.05) is 35.1 Å². The van der Waals surface area contributed by atoms with Crippen molar-refractivity contribution in [1.82, 2.24) is 9.88 Å². The average Bonchev–Trinajstić information content (AvgIpc) is 2.91. The largest absolute Gasteiger partial charge is 0.496 e. The van der Waals surface area contributed by atoms with Gasteiger partial charge in [-0.3, -0.25) is 4.79 Å². The normalized spacial score (nSPS) is 10.8. The SMILES string of the molecule is COc1ccc(Cl)cc1CN(C)C(=O)c1[nH]c2ccccc2c1Br. The quantitative estimate of drug-likeness (QED) is 0.671. The Labute approximate surface area is 153 Å². The number of hydrogen-bond donors (Lipinski definition) is 1. The monoisotopic (exact) mass is 406 g/mol. The first kappa shape index (κ1) is 16.9. The highest BCUT2D eigenvalue weighted by Crippen LogP contribution is 2.29. The van der Waals surface area contributed by atoms with Crippen molar-refractivity contribution >= 4 is 44.3 Å². The van der Waals surface area contributed by atoms with Gasteiger partial charge < -0.3 is 14.6 Å². The van der Waals surface area contributed by atoms with E-state index in [1.165, 1.54) is 0 Å². The van der Waals surface area contributed by atoms with Crippen LogP contribution in [0.25, 0.3) is 10.9 Å². The van der Waals surface area contributed by atoms with Crippen molar-refractivity contribution < 1.29 is 9.53 Å². The zero-order valence-electron chi connectivity index (χ0n) is 13.3. The minimum absolute atomic E-state index is 0.111. The molecule has 0 aliphatic heterocycles. The van der Waals surface area contributed by atoms with Gasteiger partial charge in [-0.25, -0.2) is 0 Å². The second kappa shape index (κ2) is 6.87. The number of nitrogens with zero attached hydrogens (tertiary/aromatic N) is 1. The number of carbonyl (C=O) groups is 1. The Balaban J connectivity index is 1.89. The first-order valence-corrected chi connectivity index (χ1v) is 8.52. The van der Waals surface area contributed by atoms with Crippen LogP contribution in [-0.2, 0) is 6.54 Å². The van der Waals surface area contributed by atoms with Gasteiger partial charge in [-0.1, -0.05) is 29.8 Å². The lowest BCUT2D eigenvalue weighted by atomic mass is 10.2. The lowest BCUT2D eigenvalue weighted by Gasteiger charge is -2.18. The fourth-order valence-electron chi connectivity index (χ4n) is 2.64. The van der Waals surface area contributed by atoms with Gasteiger partial charge in [-0.2, -0.15) is 0 Å². The third-order valence-electron chi connectivity index (χ3n) is 3.85. The Bertz CT molecular complexity index is 907. The second-order valence-electron chi connectivity index (χ2n) is 5.48. The highest BCUT2D eigenvalue weighted by molar-refractivity contribution is 9.10. The van der Waals surface area contributed by atoms with Gasteiger partial charge in [-0.05, 0) is 40.2 Å². The van der Waals surface area contributed by atoms with E-state index in [-0.39, 0.29) is 5.91 Å². The van der Waals surface area contributed by atoms with Gasteiger partial charge in [0.2, 0.25) is 0 Å². The van der Waals surface area contributed by atoms with Crippen molar-refractivity contribution in [3.05, 3.63) is 63.2 Å². The summed E-state index contributed by atoms with van der Waals surface area (Å²) < 4.78 is 6.12. The van der Waals surface area contributed by atoms with Crippen LogP contribution in [0.1, 0.15) is 16.1 Å². The molecule has 4 nitrogen and oxygen atoms in total. The summed E-state index contributed by atoms with van der Waals surface area (Å²) in [7, 11) is 3.35. The van der Waals surface area contributed by atoms with Gasteiger partial charge in [0.1, 0.15) is 11.4 Å². The molecule has 0 saturated carbocycles. The predicted octanol–water partition coefficient (Wildman–Crippen LogP) is 4.86. The Kier molecular flexibility index (Phi) is 4.83. The van der Waals surface area contributed by atoms with Gasteiger partial charge in [0.25, 0.3) is 5.91 Å². The third kappa shape index (κ3) is 3.14. The van der Waals surface area contributed by atoms with Gasteiger partial charge in [-0.15, -0.1) is 0 Å².